The fourth-order valence-corrected chi connectivity index (χ4v) is 1.54. The zero-order valence-electron chi connectivity index (χ0n) is 8.77. The molecule has 2 N–H and O–H groups in total. The summed E-state index contributed by atoms with van der Waals surface area (Å²) in [7, 11) is -3.16. The summed E-state index contributed by atoms with van der Waals surface area (Å²) in [6.45, 7) is 0.659. The zero-order chi connectivity index (χ0) is 12.0. The first-order valence-electron chi connectivity index (χ1n) is 4.55. The number of aromatic nitrogens is 1. The van der Waals surface area contributed by atoms with Crippen LogP contribution < -0.4 is 10.0 Å². The monoisotopic (exact) mass is 240 g/mol. The van der Waals surface area contributed by atoms with E-state index in [9.17, 15) is 8.42 Å². The van der Waals surface area contributed by atoms with Crippen molar-refractivity contribution < 1.29 is 8.42 Å². The molecule has 1 rings (SSSR count). The highest BCUT2D eigenvalue weighted by Gasteiger charge is 2.01. The smallest absolute Gasteiger partial charge is 0.208 e. The van der Waals surface area contributed by atoms with Gasteiger partial charge in [-0.2, -0.15) is 5.26 Å². The zero-order valence-corrected chi connectivity index (χ0v) is 9.58. The van der Waals surface area contributed by atoms with Crippen LogP contribution in [0.1, 0.15) is 5.56 Å². The van der Waals surface area contributed by atoms with Crippen LogP contribution in [0, 0.1) is 11.3 Å². The molecule has 0 unspecified atom stereocenters. The van der Waals surface area contributed by atoms with Gasteiger partial charge in [-0.05, 0) is 6.07 Å². The molecule has 0 aliphatic rings. The summed E-state index contributed by atoms with van der Waals surface area (Å²) in [6, 6.07) is 3.60. The molecule has 0 aliphatic heterocycles. The van der Waals surface area contributed by atoms with Crippen molar-refractivity contribution in [2.24, 2.45) is 0 Å². The number of sulfonamides is 1. The molecule has 0 aromatic carbocycles. The molecule has 0 saturated heterocycles. The van der Waals surface area contributed by atoms with E-state index in [2.05, 4.69) is 15.0 Å². The van der Waals surface area contributed by atoms with Gasteiger partial charge in [-0.1, -0.05) is 0 Å². The molecule has 86 valence electrons. The van der Waals surface area contributed by atoms with Crippen molar-refractivity contribution in [2.75, 3.05) is 24.7 Å². The van der Waals surface area contributed by atoms with Crippen LogP contribution in [0.3, 0.4) is 0 Å². The largest absolute Gasteiger partial charge is 0.381 e. The first-order chi connectivity index (χ1) is 7.53. The third-order valence-electron chi connectivity index (χ3n) is 1.75. The van der Waals surface area contributed by atoms with Gasteiger partial charge in [0.1, 0.15) is 6.07 Å². The van der Waals surface area contributed by atoms with E-state index in [1.807, 2.05) is 6.07 Å². The second kappa shape index (κ2) is 5.44. The van der Waals surface area contributed by atoms with Crippen molar-refractivity contribution in [3.05, 3.63) is 24.0 Å². The van der Waals surface area contributed by atoms with Crippen LogP contribution in [-0.4, -0.2) is 32.7 Å². The molecule has 0 amide bonds. The van der Waals surface area contributed by atoms with Crippen molar-refractivity contribution in [3.8, 4) is 6.07 Å². The molecule has 6 nitrogen and oxygen atoms in total. The Morgan fingerprint density at radius 2 is 2.25 bits per heavy atom. The number of pyridine rings is 1. The lowest BCUT2D eigenvalue weighted by atomic mass is 10.2. The van der Waals surface area contributed by atoms with E-state index in [4.69, 9.17) is 5.26 Å². The summed E-state index contributed by atoms with van der Waals surface area (Å²) < 4.78 is 23.9. The Bertz CT molecular complexity index is 492. The van der Waals surface area contributed by atoms with Crippen molar-refractivity contribution in [1.82, 2.24) is 9.71 Å². The van der Waals surface area contributed by atoms with Crippen LogP contribution in [0.4, 0.5) is 5.69 Å². The van der Waals surface area contributed by atoms with E-state index >= 15 is 0 Å². The first kappa shape index (κ1) is 12.4. The normalized spacial score (nSPS) is 10.8. The summed E-state index contributed by atoms with van der Waals surface area (Å²) in [6.07, 6.45) is 4.15. The Morgan fingerprint density at radius 3 is 2.88 bits per heavy atom. The van der Waals surface area contributed by atoms with Crippen LogP contribution in [0.15, 0.2) is 18.5 Å². The van der Waals surface area contributed by atoms with Crippen molar-refractivity contribution in [2.45, 2.75) is 0 Å². The Morgan fingerprint density at radius 1 is 1.50 bits per heavy atom. The molecule has 0 bridgehead atoms. The first-order valence-corrected chi connectivity index (χ1v) is 6.44. The van der Waals surface area contributed by atoms with E-state index in [-0.39, 0.29) is 6.54 Å². The van der Waals surface area contributed by atoms with E-state index in [0.717, 1.165) is 6.26 Å². The maximum absolute atomic E-state index is 10.8. The maximum Gasteiger partial charge on any atom is 0.208 e. The van der Waals surface area contributed by atoms with Gasteiger partial charge in [0, 0.05) is 19.3 Å². The van der Waals surface area contributed by atoms with Gasteiger partial charge in [-0.25, -0.2) is 13.1 Å². The quantitative estimate of drug-likeness (QED) is 0.702. The molecule has 1 heterocycles. The molecule has 1 aromatic rings. The highest BCUT2D eigenvalue weighted by atomic mass is 32.2. The summed E-state index contributed by atoms with van der Waals surface area (Å²) >= 11 is 0. The molecule has 16 heavy (non-hydrogen) atoms. The minimum Gasteiger partial charge on any atom is -0.381 e. The number of anilines is 1. The molecule has 1 aromatic heterocycles. The number of nitriles is 1. The van der Waals surface area contributed by atoms with Gasteiger partial charge in [-0.15, -0.1) is 0 Å². The summed E-state index contributed by atoms with van der Waals surface area (Å²) in [4.78, 5) is 3.87. The van der Waals surface area contributed by atoms with Crippen molar-refractivity contribution in [3.63, 3.8) is 0 Å². The molecule has 0 spiro atoms. The average Bonchev–Trinajstić information content (AvgIpc) is 2.23. The summed E-state index contributed by atoms with van der Waals surface area (Å²) in [5.74, 6) is 0. The predicted octanol–water partition coefficient (Wildman–Crippen LogP) is -0.0856. The fourth-order valence-electron chi connectivity index (χ4n) is 1.07. The van der Waals surface area contributed by atoms with Crippen LogP contribution in [0.5, 0.6) is 0 Å². The Hall–Kier alpha value is -1.65. The molecule has 0 fully saturated rings. The standard InChI is InChI=1S/C9H12N4O2S/c1-16(14,15)13-5-4-12-9-7-11-3-2-8(9)6-10/h2-3,7,12-13H,4-5H2,1H3. The van der Waals surface area contributed by atoms with E-state index in [1.165, 1.54) is 12.4 Å². The van der Waals surface area contributed by atoms with Gasteiger partial charge in [-0.3, -0.25) is 4.98 Å². The summed E-state index contributed by atoms with van der Waals surface area (Å²) in [5.41, 5.74) is 1.08. The molecular formula is C9H12N4O2S. The number of hydrogen-bond donors (Lipinski definition) is 2. The summed E-state index contributed by atoms with van der Waals surface area (Å²) in [5, 5.41) is 11.7. The van der Waals surface area contributed by atoms with Crippen LogP contribution in [0.25, 0.3) is 0 Å². The lowest BCUT2D eigenvalue weighted by molar-refractivity contribution is 0.589. The van der Waals surface area contributed by atoms with E-state index in [0.29, 0.717) is 17.8 Å². The molecule has 0 atom stereocenters. The molecular weight excluding hydrogens is 228 g/mol. The van der Waals surface area contributed by atoms with Gasteiger partial charge >= 0.3 is 0 Å². The number of nitrogens with one attached hydrogen (secondary N) is 2. The van der Waals surface area contributed by atoms with Crippen LogP contribution in [-0.2, 0) is 10.0 Å². The molecule has 0 saturated carbocycles. The molecule has 7 heteroatoms. The fraction of sp³-hybridized carbons (Fsp3) is 0.333. The molecule has 0 aliphatic carbocycles. The Balaban J connectivity index is 2.47. The van der Waals surface area contributed by atoms with Gasteiger partial charge in [0.05, 0.1) is 23.7 Å². The van der Waals surface area contributed by atoms with Gasteiger partial charge in [0.25, 0.3) is 0 Å². The lowest BCUT2D eigenvalue weighted by Crippen LogP contribution is -2.27. The Kier molecular flexibility index (Phi) is 4.22. The third-order valence-corrected chi connectivity index (χ3v) is 2.47. The lowest BCUT2D eigenvalue weighted by Gasteiger charge is -2.07. The minimum atomic E-state index is -3.16. The average molecular weight is 240 g/mol. The highest BCUT2D eigenvalue weighted by Crippen LogP contribution is 2.10. The van der Waals surface area contributed by atoms with E-state index in [1.54, 1.807) is 6.07 Å². The predicted molar refractivity (Wildman–Crippen MR) is 60.3 cm³/mol. The van der Waals surface area contributed by atoms with Gasteiger partial charge in [0.2, 0.25) is 10.0 Å². The number of rotatable bonds is 5. The number of hydrogen-bond acceptors (Lipinski definition) is 5. The minimum absolute atomic E-state index is 0.262. The molecule has 0 radical (unpaired) electrons. The second-order valence-electron chi connectivity index (χ2n) is 3.13. The van der Waals surface area contributed by atoms with Crippen molar-refractivity contribution in [1.29, 1.82) is 5.26 Å². The van der Waals surface area contributed by atoms with Crippen molar-refractivity contribution >= 4 is 15.7 Å². The SMILES string of the molecule is CS(=O)(=O)NCCNc1cnccc1C#N. The Labute approximate surface area is 94.4 Å². The number of nitrogens with zero attached hydrogens (tertiary/aromatic N) is 2. The third kappa shape index (κ3) is 4.25. The van der Waals surface area contributed by atoms with Crippen LogP contribution in [0.2, 0.25) is 0 Å². The maximum atomic E-state index is 10.8. The van der Waals surface area contributed by atoms with Crippen LogP contribution >= 0.6 is 0 Å². The second-order valence-corrected chi connectivity index (χ2v) is 4.96. The topological polar surface area (TPSA) is 94.9 Å². The van der Waals surface area contributed by atoms with E-state index < -0.39 is 10.0 Å². The van der Waals surface area contributed by atoms with Gasteiger partial charge < -0.3 is 5.32 Å². The van der Waals surface area contributed by atoms with Gasteiger partial charge in [0.15, 0.2) is 0 Å². The highest BCUT2D eigenvalue weighted by molar-refractivity contribution is 7.88.